The van der Waals surface area contributed by atoms with Crippen molar-refractivity contribution in [2.24, 2.45) is 5.41 Å². The van der Waals surface area contributed by atoms with Crippen molar-refractivity contribution in [1.29, 1.82) is 0 Å². The molecule has 0 spiro atoms. The molecule has 5 heteroatoms. The molecule has 0 aliphatic heterocycles. The topological polar surface area (TPSA) is 43.3 Å². The summed E-state index contributed by atoms with van der Waals surface area (Å²) in [4.78, 5) is 13.6. The number of ketones is 1. The van der Waals surface area contributed by atoms with Gasteiger partial charge < -0.3 is 14.6 Å². The number of benzene rings is 3. The molecule has 0 atom stereocenters. The monoisotopic (exact) mass is 470 g/mol. The molecule has 5 rings (SSSR count). The van der Waals surface area contributed by atoms with Gasteiger partial charge in [-0.1, -0.05) is 43.6 Å². The number of para-hydroxylation sites is 1. The van der Waals surface area contributed by atoms with E-state index in [9.17, 15) is 4.79 Å². The Morgan fingerprint density at radius 1 is 0.912 bits per heavy atom. The van der Waals surface area contributed by atoms with Gasteiger partial charge in [-0.05, 0) is 72.5 Å². The van der Waals surface area contributed by atoms with Crippen LogP contribution in [-0.4, -0.2) is 17.5 Å². The third-order valence-electron chi connectivity index (χ3n) is 6.32. The van der Waals surface area contributed by atoms with Crippen LogP contribution >= 0.6 is 11.6 Å². The van der Waals surface area contributed by atoms with E-state index in [1.54, 1.807) is 7.11 Å². The number of ether oxygens (including phenoxy) is 1. The number of nitrogens with one attached hydrogen (secondary N) is 1. The zero-order valence-corrected chi connectivity index (χ0v) is 20.3. The van der Waals surface area contributed by atoms with Crippen LogP contribution in [0.1, 0.15) is 36.3 Å². The minimum Gasteiger partial charge on any atom is -0.497 e. The van der Waals surface area contributed by atoms with E-state index in [0.29, 0.717) is 11.4 Å². The van der Waals surface area contributed by atoms with Crippen LogP contribution < -0.4 is 10.1 Å². The quantitative estimate of drug-likeness (QED) is 0.325. The van der Waals surface area contributed by atoms with Crippen molar-refractivity contribution in [3.05, 3.63) is 95.1 Å². The van der Waals surface area contributed by atoms with Crippen LogP contribution in [0.15, 0.2) is 78.9 Å². The SMILES string of the molecule is COc1ccc(-c2c(Nc3ccc(Cl)cc3)c3c(n2-c2ccccc2)CC(C)(C)CC3=O)cc1. The van der Waals surface area contributed by atoms with Gasteiger partial charge in [0.2, 0.25) is 0 Å². The molecule has 0 amide bonds. The summed E-state index contributed by atoms with van der Waals surface area (Å²) in [6.45, 7) is 4.32. The number of fused-ring (bicyclic) bond motifs is 1. The zero-order chi connectivity index (χ0) is 23.9. The number of carbonyl (C=O) groups excluding carboxylic acids is 1. The van der Waals surface area contributed by atoms with Crippen molar-refractivity contribution in [3.63, 3.8) is 0 Å². The van der Waals surface area contributed by atoms with Crippen LogP contribution in [0.2, 0.25) is 5.02 Å². The van der Waals surface area contributed by atoms with E-state index in [1.165, 1.54) is 0 Å². The van der Waals surface area contributed by atoms with Gasteiger partial charge in [0.15, 0.2) is 5.78 Å². The second kappa shape index (κ2) is 8.69. The Balaban J connectivity index is 1.82. The van der Waals surface area contributed by atoms with E-state index in [-0.39, 0.29) is 11.2 Å². The summed E-state index contributed by atoms with van der Waals surface area (Å²) in [5.74, 6) is 0.947. The highest BCUT2D eigenvalue weighted by molar-refractivity contribution is 6.30. The summed E-state index contributed by atoms with van der Waals surface area (Å²) in [7, 11) is 1.66. The average Bonchev–Trinajstić information content (AvgIpc) is 3.14. The number of halogens is 1. The summed E-state index contributed by atoms with van der Waals surface area (Å²) < 4.78 is 7.64. The highest BCUT2D eigenvalue weighted by atomic mass is 35.5. The van der Waals surface area contributed by atoms with Gasteiger partial charge in [-0.2, -0.15) is 0 Å². The lowest BCUT2D eigenvalue weighted by Gasteiger charge is -2.30. The van der Waals surface area contributed by atoms with E-state index >= 15 is 0 Å². The lowest BCUT2D eigenvalue weighted by molar-refractivity contribution is 0.0912. The summed E-state index contributed by atoms with van der Waals surface area (Å²) >= 11 is 6.13. The van der Waals surface area contributed by atoms with Gasteiger partial charge >= 0.3 is 0 Å². The van der Waals surface area contributed by atoms with Crippen molar-refractivity contribution in [3.8, 4) is 22.7 Å². The van der Waals surface area contributed by atoms with E-state index in [0.717, 1.165) is 51.7 Å². The minimum atomic E-state index is -0.121. The number of nitrogens with zero attached hydrogens (tertiary/aromatic N) is 1. The van der Waals surface area contributed by atoms with Gasteiger partial charge in [-0.3, -0.25) is 4.79 Å². The first-order valence-electron chi connectivity index (χ1n) is 11.4. The number of hydrogen-bond acceptors (Lipinski definition) is 3. The first-order valence-corrected chi connectivity index (χ1v) is 11.8. The second-order valence-electron chi connectivity index (χ2n) is 9.52. The summed E-state index contributed by atoms with van der Waals surface area (Å²) in [5.41, 5.74) is 6.37. The molecular weight excluding hydrogens is 444 g/mol. The van der Waals surface area contributed by atoms with Crippen LogP contribution in [0.4, 0.5) is 11.4 Å². The van der Waals surface area contributed by atoms with Gasteiger partial charge in [0, 0.05) is 34.1 Å². The third kappa shape index (κ3) is 4.10. The molecule has 1 heterocycles. The summed E-state index contributed by atoms with van der Waals surface area (Å²) in [6.07, 6.45) is 1.31. The standard InChI is InChI=1S/C29H27ClN2O2/c1-29(2)17-24-26(25(33)18-29)27(31-21-13-11-20(30)12-14-21)28(19-9-15-23(34-3)16-10-19)32(24)22-7-5-4-6-8-22/h4-16,31H,17-18H2,1-3H3. The fraction of sp³-hybridized carbons (Fsp3) is 0.207. The maximum atomic E-state index is 13.6. The molecule has 4 nitrogen and oxygen atoms in total. The Hall–Kier alpha value is -3.50. The molecule has 4 aromatic rings. The molecule has 1 aliphatic rings. The van der Waals surface area contributed by atoms with Gasteiger partial charge in [-0.15, -0.1) is 0 Å². The minimum absolute atomic E-state index is 0.121. The molecule has 34 heavy (non-hydrogen) atoms. The number of aromatic nitrogens is 1. The molecule has 0 unspecified atom stereocenters. The van der Waals surface area contributed by atoms with Crippen LogP contribution in [-0.2, 0) is 6.42 Å². The highest BCUT2D eigenvalue weighted by Gasteiger charge is 2.38. The molecule has 1 aliphatic carbocycles. The number of anilines is 2. The van der Waals surface area contributed by atoms with Crippen molar-refractivity contribution in [2.75, 3.05) is 12.4 Å². The number of hydrogen-bond donors (Lipinski definition) is 1. The molecule has 0 saturated carbocycles. The Labute approximate surface area is 205 Å². The molecular formula is C29H27ClN2O2. The lowest BCUT2D eigenvalue weighted by atomic mass is 9.76. The number of methoxy groups -OCH3 is 1. The fourth-order valence-corrected chi connectivity index (χ4v) is 4.94. The molecule has 1 aromatic heterocycles. The van der Waals surface area contributed by atoms with Gasteiger partial charge in [-0.25, -0.2) is 0 Å². The number of carbonyl (C=O) groups is 1. The number of Topliss-reactive ketones (excluding diaryl/α,β-unsaturated/α-hetero) is 1. The normalized spacial score (nSPS) is 14.5. The van der Waals surface area contributed by atoms with Gasteiger partial charge in [0.25, 0.3) is 0 Å². The zero-order valence-electron chi connectivity index (χ0n) is 19.6. The molecule has 1 N–H and O–H groups in total. The Bertz CT molecular complexity index is 1340. The largest absolute Gasteiger partial charge is 0.497 e. The molecule has 0 saturated heterocycles. The fourth-order valence-electron chi connectivity index (χ4n) is 4.81. The third-order valence-corrected chi connectivity index (χ3v) is 6.58. The molecule has 3 aromatic carbocycles. The van der Waals surface area contributed by atoms with Gasteiger partial charge in [0.1, 0.15) is 5.75 Å². The molecule has 172 valence electrons. The van der Waals surface area contributed by atoms with Crippen molar-refractivity contribution < 1.29 is 9.53 Å². The molecule has 0 fully saturated rings. The smallest absolute Gasteiger partial charge is 0.167 e. The highest BCUT2D eigenvalue weighted by Crippen LogP contribution is 2.47. The summed E-state index contributed by atoms with van der Waals surface area (Å²) in [5, 5.41) is 4.24. The number of rotatable bonds is 5. The molecule has 0 bridgehead atoms. The predicted molar refractivity (Wildman–Crippen MR) is 139 cm³/mol. The van der Waals surface area contributed by atoms with E-state index in [4.69, 9.17) is 16.3 Å². The van der Waals surface area contributed by atoms with E-state index < -0.39 is 0 Å². The van der Waals surface area contributed by atoms with Crippen LogP contribution in [0.5, 0.6) is 5.75 Å². The Kier molecular flexibility index (Phi) is 5.70. The maximum absolute atomic E-state index is 13.6. The first-order chi connectivity index (χ1) is 16.4. The lowest BCUT2D eigenvalue weighted by Crippen LogP contribution is -2.28. The van der Waals surface area contributed by atoms with E-state index in [2.05, 4.69) is 35.9 Å². The van der Waals surface area contributed by atoms with Crippen LogP contribution in [0.3, 0.4) is 0 Å². The average molecular weight is 471 g/mol. The van der Waals surface area contributed by atoms with E-state index in [1.807, 2.05) is 66.7 Å². The Morgan fingerprint density at radius 2 is 1.59 bits per heavy atom. The van der Waals surface area contributed by atoms with Crippen molar-refractivity contribution in [1.82, 2.24) is 4.57 Å². The summed E-state index contributed by atoms with van der Waals surface area (Å²) in [6, 6.07) is 25.8. The Morgan fingerprint density at radius 3 is 2.24 bits per heavy atom. The van der Waals surface area contributed by atoms with Crippen molar-refractivity contribution >= 4 is 28.8 Å². The van der Waals surface area contributed by atoms with Gasteiger partial charge in [0.05, 0.1) is 24.1 Å². The van der Waals surface area contributed by atoms with Crippen LogP contribution in [0.25, 0.3) is 16.9 Å². The predicted octanol–water partition coefficient (Wildman–Crippen LogP) is 7.71. The van der Waals surface area contributed by atoms with Crippen LogP contribution in [0, 0.1) is 5.41 Å². The van der Waals surface area contributed by atoms with Crippen molar-refractivity contribution in [2.45, 2.75) is 26.7 Å². The second-order valence-corrected chi connectivity index (χ2v) is 9.95. The molecule has 0 radical (unpaired) electrons. The first kappa shape index (κ1) is 22.3. The maximum Gasteiger partial charge on any atom is 0.167 e.